The average molecular weight is 399 g/mol. The van der Waals surface area contributed by atoms with Crippen molar-refractivity contribution in [3.8, 4) is 0 Å². The van der Waals surface area contributed by atoms with Gasteiger partial charge in [0.25, 0.3) is 0 Å². The molecule has 3 rings (SSSR count). The number of benzene rings is 1. The van der Waals surface area contributed by atoms with E-state index in [2.05, 4.69) is 9.97 Å². The third-order valence-corrected chi connectivity index (χ3v) is 5.18. The van der Waals surface area contributed by atoms with Crippen molar-refractivity contribution in [3.05, 3.63) is 65.3 Å². The summed E-state index contributed by atoms with van der Waals surface area (Å²) in [6.45, 7) is 1.51. The molecule has 2 heterocycles. The predicted molar refractivity (Wildman–Crippen MR) is 107 cm³/mol. The largest absolute Gasteiger partial charge is 0.455 e. The lowest BCUT2D eigenvalue weighted by Gasteiger charge is -2.17. The van der Waals surface area contributed by atoms with E-state index in [0.29, 0.717) is 21.4 Å². The van der Waals surface area contributed by atoms with Crippen LogP contribution in [-0.4, -0.2) is 28.1 Å². The molecule has 27 heavy (non-hydrogen) atoms. The van der Waals surface area contributed by atoms with Crippen LogP contribution in [0.1, 0.15) is 23.0 Å². The molecule has 6 nitrogen and oxygen atoms in total. The Balaban J connectivity index is 1.72. The molecule has 0 unspecified atom stereocenters. The Morgan fingerprint density at radius 1 is 1.19 bits per heavy atom. The highest BCUT2D eigenvalue weighted by atomic mass is 32.2. The Labute approximate surface area is 165 Å². The Morgan fingerprint density at radius 3 is 2.67 bits per heavy atom. The summed E-state index contributed by atoms with van der Waals surface area (Å²) in [4.78, 5) is 34.5. The molecule has 0 fully saturated rings. The molecule has 8 heteroatoms. The van der Waals surface area contributed by atoms with Gasteiger partial charge < -0.3 is 4.74 Å². The second kappa shape index (κ2) is 8.79. The SMILES string of the molecule is CSc1ncccc1C(=O)OCc1csc(N(C(C)=O)c2ccccc2)n1. The number of ether oxygens (including phenoxy) is 1. The smallest absolute Gasteiger partial charge is 0.341 e. The number of aromatic nitrogens is 2. The molecule has 0 radical (unpaired) electrons. The molecule has 0 saturated carbocycles. The number of pyridine rings is 1. The molecule has 3 aromatic rings. The van der Waals surface area contributed by atoms with Crippen LogP contribution in [0.25, 0.3) is 0 Å². The van der Waals surface area contributed by atoms with Crippen molar-refractivity contribution in [2.45, 2.75) is 18.6 Å². The van der Waals surface area contributed by atoms with Gasteiger partial charge in [0.15, 0.2) is 5.13 Å². The molecule has 0 aliphatic rings. The number of thioether (sulfide) groups is 1. The van der Waals surface area contributed by atoms with Crippen LogP contribution in [0.3, 0.4) is 0 Å². The van der Waals surface area contributed by atoms with Crippen LogP contribution in [0.15, 0.2) is 59.1 Å². The van der Waals surface area contributed by atoms with Crippen molar-refractivity contribution in [1.82, 2.24) is 9.97 Å². The number of carbonyl (C=O) groups excluding carboxylic acids is 2. The Kier molecular flexibility index (Phi) is 6.20. The van der Waals surface area contributed by atoms with Crippen molar-refractivity contribution in [2.24, 2.45) is 0 Å². The zero-order chi connectivity index (χ0) is 19.2. The lowest BCUT2D eigenvalue weighted by atomic mass is 10.3. The topological polar surface area (TPSA) is 72.4 Å². The van der Waals surface area contributed by atoms with Crippen LogP contribution >= 0.6 is 23.1 Å². The van der Waals surface area contributed by atoms with Crippen LogP contribution < -0.4 is 4.90 Å². The van der Waals surface area contributed by atoms with Gasteiger partial charge in [0, 0.05) is 18.5 Å². The summed E-state index contributed by atoms with van der Waals surface area (Å²) >= 11 is 2.71. The zero-order valence-corrected chi connectivity index (χ0v) is 16.4. The highest BCUT2D eigenvalue weighted by Gasteiger charge is 2.19. The van der Waals surface area contributed by atoms with Gasteiger partial charge in [0.2, 0.25) is 5.91 Å². The molecular weight excluding hydrogens is 382 g/mol. The van der Waals surface area contributed by atoms with Gasteiger partial charge in [-0.2, -0.15) is 0 Å². The maximum Gasteiger partial charge on any atom is 0.341 e. The van der Waals surface area contributed by atoms with Gasteiger partial charge in [-0.15, -0.1) is 23.1 Å². The van der Waals surface area contributed by atoms with Crippen molar-refractivity contribution in [2.75, 3.05) is 11.2 Å². The molecule has 0 aliphatic heterocycles. The molecule has 0 spiro atoms. The fourth-order valence-electron chi connectivity index (χ4n) is 2.40. The molecule has 0 aliphatic carbocycles. The lowest BCUT2D eigenvalue weighted by molar-refractivity contribution is -0.115. The summed E-state index contributed by atoms with van der Waals surface area (Å²) in [6.07, 6.45) is 3.49. The Bertz CT molecular complexity index is 944. The van der Waals surface area contributed by atoms with Gasteiger partial charge in [-0.1, -0.05) is 18.2 Å². The van der Waals surface area contributed by atoms with E-state index in [9.17, 15) is 9.59 Å². The minimum Gasteiger partial charge on any atom is -0.455 e. The Morgan fingerprint density at radius 2 is 1.96 bits per heavy atom. The van der Waals surface area contributed by atoms with E-state index >= 15 is 0 Å². The number of carbonyl (C=O) groups is 2. The highest BCUT2D eigenvalue weighted by Crippen LogP contribution is 2.29. The van der Waals surface area contributed by atoms with E-state index in [4.69, 9.17) is 4.74 Å². The van der Waals surface area contributed by atoms with Crippen LogP contribution in [-0.2, 0) is 16.1 Å². The van der Waals surface area contributed by atoms with Gasteiger partial charge in [-0.3, -0.25) is 9.69 Å². The molecule has 1 aromatic carbocycles. The van der Waals surface area contributed by atoms with E-state index in [1.54, 1.807) is 23.7 Å². The number of thiazole rings is 1. The second-order valence-electron chi connectivity index (χ2n) is 5.45. The van der Waals surface area contributed by atoms with Crippen LogP contribution in [0.5, 0.6) is 0 Å². The molecule has 0 atom stereocenters. The number of hydrogen-bond donors (Lipinski definition) is 0. The average Bonchev–Trinajstić information content (AvgIpc) is 3.15. The van der Waals surface area contributed by atoms with E-state index < -0.39 is 5.97 Å². The molecular formula is C19H17N3O3S2. The van der Waals surface area contributed by atoms with E-state index in [0.717, 1.165) is 5.69 Å². The molecule has 2 aromatic heterocycles. The normalized spacial score (nSPS) is 10.4. The molecule has 1 amide bonds. The standard InChI is InChI=1S/C19H17N3O3S2/c1-13(23)22(15-7-4-3-5-8-15)19-21-14(12-27-19)11-25-18(24)16-9-6-10-20-17(16)26-2/h3-10,12H,11H2,1-2H3. The Hall–Kier alpha value is -2.71. The van der Waals surface area contributed by atoms with Crippen molar-refractivity contribution >= 4 is 45.8 Å². The van der Waals surface area contributed by atoms with E-state index in [1.165, 1.54) is 34.9 Å². The van der Waals surface area contributed by atoms with Crippen molar-refractivity contribution < 1.29 is 14.3 Å². The van der Waals surface area contributed by atoms with Gasteiger partial charge in [0.05, 0.1) is 16.9 Å². The molecule has 0 bridgehead atoms. The first-order valence-corrected chi connectivity index (χ1v) is 10.2. The van der Waals surface area contributed by atoms with Crippen LogP contribution in [0.4, 0.5) is 10.8 Å². The molecule has 0 N–H and O–H groups in total. The quantitative estimate of drug-likeness (QED) is 0.454. The first-order chi connectivity index (χ1) is 13.1. The monoisotopic (exact) mass is 399 g/mol. The highest BCUT2D eigenvalue weighted by molar-refractivity contribution is 7.98. The number of para-hydroxylation sites is 1. The minimum atomic E-state index is -0.450. The second-order valence-corrected chi connectivity index (χ2v) is 7.08. The zero-order valence-electron chi connectivity index (χ0n) is 14.8. The van der Waals surface area contributed by atoms with Gasteiger partial charge >= 0.3 is 5.97 Å². The van der Waals surface area contributed by atoms with Gasteiger partial charge in [-0.25, -0.2) is 14.8 Å². The number of rotatable bonds is 6. The number of anilines is 2. The van der Waals surface area contributed by atoms with E-state index in [1.807, 2.05) is 36.6 Å². The third-order valence-electron chi connectivity index (χ3n) is 3.60. The summed E-state index contributed by atoms with van der Waals surface area (Å²) in [7, 11) is 0. The fourth-order valence-corrected chi connectivity index (χ4v) is 3.80. The summed E-state index contributed by atoms with van der Waals surface area (Å²) in [6, 6.07) is 12.7. The number of esters is 1. The first kappa shape index (κ1) is 19.1. The number of hydrogen-bond acceptors (Lipinski definition) is 7. The van der Waals surface area contributed by atoms with Crippen molar-refractivity contribution in [3.63, 3.8) is 0 Å². The van der Waals surface area contributed by atoms with E-state index in [-0.39, 0.29) is 12.5 Å². The summed E-state index contributed by atoms with van der Waals surface area (Å²) < 4.78 is 5.36. The molecule has 138 valence electrons. The summed E-state index contributed by atoms with van der Waals surface area (Å²) in [5, 5.41) is 2.93. The number of nitrogens with zero attached hydrogens (tertiary/aromatic N) is 3. The van der Waals surface area contributed by atoms with Crippen LogP contribution in [0, 0.1) is 0 Å². The summed E-state index contributed by atoms with van der Waals surface area (Å²) in [5.41, 5.74) is 1.75. The van der Waals surface area contributed by atoms with Gasteiger partial charge in [-0.05, 0) is 30.5 Å². The maximum atomic E-state index is 12.3. The minimum absolute atomic E-state index is 0.0264. The number of amides is 1. The summed E-state index contributed by atoms with van der Waals surface area (Å²) in [5.74, 6) is -0.590. The first-order valence-electron chi connectivity index (χ1n) is 8.06. The predicted octanol–water partition coefficient (Wildman–Crippen LogP) is 4.30. The van der Waals surface area contributed by atoms with Gasteiger partial charge in [0.1, 0.15) is 11.6 Å². The molecule has 0 saturated heterocycles. The maximum absolute atomic E-state index is 12.3. The van der Waals surface area contributed by atoms with Crippen LogP contribution in [0.2, 0.25) is 0 Å². The third kappa shape index (κ3) is 4.53. The van der Waals surface area contributed by atoms with Crippen molar-refractivity contribution in [1.29, 1.82) is 0 Å². The lowest BCUT2D eigenvalue weighted by Crippen LogP contribution is -2.22. The fraction of sp³-hybridized carbons (Fsp3) is 0.158.